The molecular weight excluding hydrogens is 388 g/mol. The molecule has 1 fully saturated rings. The number of imidazole rings is 1. The molecule has 8 nitrogen and oxygen atoms in total. The van der Waals surface area contributed by atoms with Crippen molar-refractivity contribution in [2.75, 3.05) is 5.32 Å². The summed E-state index contributed by atoms with van der Waals surface area (Å²) in [5.74, 6) is 2.84. The van der Waals surface area contributed by atoms with E-state index in [0.717, 1.165) is 33.8 Å². The van der Waals surface area contributed by atoms with Crippen molar-refractivity contribution in [1.82, 2.24) is 34.9 Å². The van der Waals surface area contributed by atoms with Crippen LogP contribution in [0.1, 0.15) is 30.0 Å². The number of aromatic nitrogens is 7. The zero-order valence-corrected chi connectivity index (χ0v) is 17.3. The van der Waals surface area contributed by atoms with Crippen molar-refractivity contribution in [1.29, 1.82) is 0 Å². The molecule has 0 radical (unpaired) electrons. The fourth-order valence-electron chi connectivity index (χ4n) is 4.03. The van der Waals surface area contributed by atoms with Crippen molar-refractivity contribution in [3.63, 3.8) is 0 Å². The summed E-state index contributed by atoms with van der Waals surface area (Å²) >= 11 is 0. The van der Waals surface area contributed by atoms with Crippen LogP contribution in [0.15, 0.2) is 48.8 Å². The molecule has 8 heteroatoms. The van der Waals surface area contributed by atoms with Gasteiger partial charge in [-0.1, -0.05) is 24.3 Å². The van der Waals surface area contributed by atoms with Gasteiger partial charge in [0.25, 0.3) is 0 Å². The fraction of sp³-hybridized carbons (Fsp3) is 0.217. The number of hydrogen-bond acceptors (Lipinski definition) is 5. The van der Waals surface area contributed by atoms with E-state index in [4.69, 9.17) is 4.98 Å². The van der Waals surface area contributed by atoms with Crippen LogP contribution in [0.5, 0.6) is 0 Å². The molecule has 0 aliphatic heterocycles. The lowest BCUT2D eigenvalue weighted by molar-refractivity contribution is 0.778. The monoisotopic (exact) mass is 410 g/mol. The third kappa shape index (κ3) is 3.16. The lowest BCUT2D eigenvalue weighted by Crippen LogP contribution is -2.02. The summed E-state index contributed by atoms with van der Waals surface area (Å²) in [5.41, 5.74) is 6.42. The number of rotatable bonds is 5. The van der Waals surface area contributed by atoms with Gasteiger partial charge in [-0.3, -0.25) is 5.10 Å². The Morgan fingerprint density at radius 1 is 1.03 bits per heavy atom. The number of aryl methyl sites for hydroxylation is 2. The van der Waals surface area contributed by atoms with Gasteiger partial charge in [0, 0.05) is 35.4 Å². The topological polar surface area (TPSA) is 100 Å². The van der Waals surface area contributed by atoms with Crippen molar-refractivity contribution in [2.45, 2.75) is 25.7 Å². The Balaban J connectivity index is 1.31. The molecule has 31 heavy (non-hydrogen) atoms. The summed E-state index contributed by atoms with van der Waals surface area (Å²) in [6.07, 6.45) is 6.24. The minimum absolute atomic E-state index is 0.578. The first-order chi connectivity index (χ1) is 15.2. The maximum atomic E-state index is 4.76. The molecule has 154 valence electrons. The second-order valence-electron chi connectivity index (χ2n) is 8.11. The van der Waals surface area contributed by atoms with E-state index in [1.165, 1.54) is 23.8 Å². The largest absolute Gasteiger partial charge is 0.344 e. The van der Waals surface area contributed by atoms with E-state index in [2.05, 4.69) is 42.7 Å². The molecule has 3 aromatic heterocycles. The van der Waals surface area contributed by atoms with E-state index in [1.54, 1.807) is 4.68 Å². The Bertz CT molecular complexity index is 1390. The predicted molar refractivity (Wildman–Crippen MR) is 120 cm³/mol. The number of fused-ring (bicyclic) bond motifs is 1. The van der Waals surface area contributed by atoms with Crippen LogP contribution in [-0.2, 0) is 7.05 Å². The maximum Gasteiger partial charge on any atom is 0.225 e. The molecule has 3 heterocycles. The number of nitrogens with zero attached hydrogens (tertiary/aromatic N) is 5. The van der Waals surface area contributed by atoms with Crippen LogP contribution < -0.4 is 5.32 Å². The van der Waals surface area contributed by atoms with Gasteiger partial charge in [-0.05, 0) is 43.4 Å². The Morgan fingerprint density at radius 2 is 1.84 bits per heavy atom. The summed E-state index contributed by atoms with van der Waals surface area (Å²) in [6, 6.07) is 12.3. The van der Waals surface area contributed by atoms with Gasteiger partial charge in [0.1, 0.15) is 5.82 Å². The van der Waals surface area contributed by atoms with E-state index in [-0.39, 0.29) is 0 Å². The van der Waals surface area contributed by atoms with Crippen LogP contribution >= 0.6 is 0 Å². The molecule has 6 rings (SSSR count). The van der Waals surface area contributed by atoms with Crippen molar-refractivity contribution >= 4 is 22.5 Å². The van der Waals surface area contributed by atoms with Gasteiger partial charge in [0.05, 0.1) is 17.4 Å². The summed E-state index contributed by atoms with van der Waals surface area (Å²) < 4.78 is 1.79. The van der Waals surface area contributed by atoms with Gasteiger partial charge < -0.3 is 10.3 Å². The highest BCUT2D eigenvalue weighted by Gasteiger charge is 2.29. The maximum absolute atomic E-state index is 4.76. The second kappa shape index (κ2) is 6.80. The van der Waals surface area contributed by atoms with E-state index in [0.29, 0.717) is 17.7 Å². The second-order valence-corrected chi connectivity index (χ2v) is 8.11. The van der Waals surface area contributed by atoms with Crippen LogP contribution in [0.4, 0.5) is 11.6 Å². The summed E-state index contributed by atoms with van der Waals surface area (Å²) in [4.78, 5) is 12.4. The fourth-order valence-corrected chi connectivity index (χ4v) is 4.03. The average molecular weight is 410 g/mol. The Morgan fingerprint density at radius 3 is 2.58 bits per heavy atom. The van der Waals surface area contributed by atoms with E-state index in [1.807, 2.05) is 50.6 Å². The summed E-state index contributed by atoms with van der Waals surface area (Å²) in [5, 5.41) is 16.6. The molecule has 0 bridgehead atoms. The molecule has 0 spiro atoms. The van der Waals surface area contributed by atoms with E-state index >= 15 is 0 Å². The third-order valence-electron chi connectivity index (χ3n) is 5.78. The molecule has 2 aromatic carbocycles. The minimum Gasteiger partial charge on any atom is -0.344 e. The molecule has 0 atom stereocenters. The highest BCUT2D eigenvalue weighted by Crippen LogP contribution is 2.47. The SMILES string of the molecule is Cc1c[nH]c(-c2ccc(-c3nc(Nc4ccc5[nH]ncc5c4C4CC4)n(C)n3)cc2)n1. The normalized spacial score (nSPS) is 13.7. The zero-order chi connectivity index (χ0) is 20.9. The van der Waals surface area contributed by atoms with Crippen molar-refractivity contribution in [3.8, 4) is 22.8 Å². The molecule has 1 aliphatic rings. The van der Waals surface area contributed by atoms with Crippen LogP contribution in [0.25, 0.3) is 33.7 Å². The minimum atomic E-state index is 0.578. The van der Waals surface area contributed by atoms with Gasteiger partial charge in [0.15, 0.2) is 5.82 Å². The highest BCUT2D eigenvalue weighted by atomic mass is 15.4. The Kier molecular flexibility index (Phi) is 3.92. The first-order valence-electron chi connectivity index (χ1n) is 10.4. The molecular formula is C23H22N8. The van der Waals surface area contributed by atoms with Crippen LogP contribution in [0.2, 0.25) is 0 Å². The number of H-pyrrole nitrogens is 2. The molecule has 0 saturated heterocycles. The quantitative estimate of drug-likeness (QED) is 0.391. The third-order valence-corrected chi connectivity index (χ3v) is 5.78. The Hall–Kier alpha value is -3.94. The molecule has 5 aromatic rings. The Labute approximate surface area is 178 Å². The number of hydrogen-bond donors (Lipinski definition) is 3. The van der Waals surface area contributed by atoms with E-state index < -0.39 is 0 Å². The van der Waals surface area contributed by atoms with Gasteiger partial charge in [-0.15, -0.1) is 5.10 Å². The van der Waals surface area contributed by atoms with Crippen LogP contribution in [0.3, 0.4) is 0 Å². The van der Waals surface area contributed by atoms with Crippen molar-refractivity contribution < 1.29 is 0 Å². The lowest BCUT2D eigenvalue weighted by atomic mass is 10.0. The van der Waals surface area contributed by atoms with Gasteiger partial charge in [0.2, 0.25) is 5.95 Å². The zero-order valence-electron chi connectivity index (χ0n) is 17.3. The van der Waals surface area contributed by atoms with Crippen molar-refractivity contribution in [2.24, 2.45) is 7.05 Å². The predicted octanol–water partition coefficient (Wildman–Crippen LogP) is 4.68. The van der Waals surface area contributed by atoms with Gasteiger partial charge in [-0.25, -0.2) is 9.67 Å². The molecule has 0 unspecified atom stereocenters. The number of anilines is 2. The standard InChI is InChI=1S/C23H22N8/c1-13-11-24-21(26-13)15-5-7-16(8-6-15)22-28-23(31(2)30-22)27-19-10-9-18-17(12-25-29-18)20(19)14-3-4-14/h5-12,14H,3-4H2,1-2H3,(H,24,26)(H,25,29)(H,27,28,30). The number of benzene rings is 2. The van der Waals surface area contributed by atoms with Gasteiger partial charge >= 0.3 is 0 Å². The lowest BCUT2D eigenvalue weighted by Gasteiger charge is -2.11. The summed E-state index contributed by atoms with van der Waals surface area (Å²) in [7, 11) is 1.91. The van der Waals surface area contributed by atoms with E-state index in [9.17, 15) is 0 Å². The molecule has 1 aliphatic carbocycles. The van der Waals surface area contributed by atoms with Crippen LogP contribution in [-0.4, -0.2) is 34.9 Å². The molecule has 0 amide bonds. The average Bonchev–Trinajstić information content (AvgIpc) is 3.15. The molecule has 3 N–H and O–H groups in total. The number of aromatic amines is 2. The number of nitrogens with one attached hydrogen (secondary N) is 3. The first kappa shape index (κ1) is 17.9. The van der Waals surface area contributed by atoms with Crippen molar-refractivity contribution in [3.05, 3.63) is 60.0 Å². The molecule has 1 saturated carbocycles. The van der Waals surface area contributed by atoms with Gasteiger partial charge in [-0.2, -0.15) is 10.1 Å². The van der Waals surface area contributed by atoms with Crippen LogP contribution in [0, 0.1) is 6.92 Å². The summed E-state index contributed by atoms with van der Waals surface area (Å²) in [6.45, 7) is 1.97. The smallest absolute Gasteiger partial charge is 0.225 e. The highest BCUT2D eigenvalue weighted by molar-refractivity contribution is 5.89. The first-order valence-corrected chi connectivity index (χ1v) is 10.4.